The molecule has 0 heterocycles. The molecule has 0 fully saturated rings. The van der Waals surface area contributed by atoms with Gasteiger partial charge in [-0.25, -0.2) is 17.6 Å². The number of alkyl halides is 3. The SMILES string of the molecule is O=C(O)c1c(S(=O)(=O)C(F)(F)F)ccc(Oc2cc(F)cc(Cl)c2)c1Br. The molecule has 0 aliphatic heterocycles. The Morgan fingerprint density at radius 1 is 1.19 bits per heavy atom. The summed E-state index contributed by atoms with van der Waals surface area (Å²) in [4.78, 5) is 9.87. The smallest absolute Gasteiger partial charge is 0.478 e. The van der Waals surface area contributed by atoms with Crippen LogP contribution in [0.25, 0.3) is 0 Å². The molecule has 2 aromatic carbocycles. The second kappa shape index (κ2) is 7.05. The lowest BCUT2D eigenvalue weighted by molar-refractivity contribution is -0.0436. The van der Waals surface area contributed by atoms with Crippen molar-refractivity contribution < 1.29 is 40.6 Å². The summed E-state index contributed by atoms with van der Waals surface area (Å²) >= 11 is 8.37. The molecule has 0 spiro atoms. The van der Waals surface area contributed by atoms with Crippen molar-refractivity contribution >= 4 is 43.3 Å². The Morgan fingerprint density at radius 2 is 1.81 bits per heavy atom. The molecule has 0 atom stereocenters. The highest BCUT2D eigenvalue weighted by molar-refractivity contribution is 9.10. The topological polar surface area (TPSA) is 80.7 Å². The minimum Gasteiger partial charge on any atom is -0.478 e. The zero-order chi connectivity index (χ0) is 19.9. The maximum absolute atomic E-state index is 13.3. The van der Waals surface area contributed by atoms with Crippen molar-refractivity contribution in [3.8, 4) is 11.5 Å². The van der Waals surface area contributed by atoms with E-state index in [1.807, 2.05) is 0 Å². The van der Waals surface area contributed by atoms with Gasteiger partial charge in [0, 0.05) is 11.1 Å². The quantitative estimate of drug-likeness (QED) is 0.625. The first-order valence-electron chi connectivity index (χ1n) is 6.35. The van der Waals surface area contributed by atoms with Crippen LogP contribution in [0.4, 0.5) is 17.6 Å². The zero-order valence-corrected chi connectivity index (χ0v) is 15.3. The molecule has 0 radical (unpaired) electrons. The lowest BCUT2D eigenvalue weighted by Crippen LogP contribution is -2.25. The molecule has 0 amide bonds. The lowest BCUT2D eigenvalue weighted by Gasteiger charge is -2.15. The average Bonchev–Trinajstić information content (AvgIpc) is 2.46. The molecular weight excluding hydrogens is 472 g/mol. The van der Waals surface area contributed by atoms with E-state index >= 15 is 0 Å². The van der Waals surface area contributed by atoms with Gasteiger partial charge in [0.15, 0.2) is 0 Å². The van der Waals surface area contributed by atoms with E-state index < -0.39 is 42.1 Å². The number of hydrogen-bond donors (Lipinski definition) is 1. The monoisotopic (exact) mass is 476 g/mol. The highest BCUT2D eigenvalue weighted by Crippen LogP contribution is 2.40. The fraction of sp³-hybridized carbons (Fsp3) is 0.0714. The van der Waals surface area contributed by atoms with Gasteiger partial charge in [-0.15, -0.1) is 0 Å². The van der Waals surface area contributed by atoms with Gasteiger partial charge < -0.3 is 9.84 Å². The van der Waals surface area contributed by atoms with Crippen molar-refractivity contribution in [1.29, 1.82) is 0 Å². The Morgan fingerprint density at radius 3 is 2.31 bits per heavy atom. The number of benzene rings is 2. The van der Waals surface area contributed by atoms with E-state index in [4.69, 9.17) is 21.4 Å². The highest BCUT2D eigenvalue weighted by atomic mass is 79.9. The van der Waals surface area contributed by atoms with E-state index in [0.29, 0.717) is 6.07 Å². The van der Waals surface area contributed by atoms with E-state index in [1.165, 1.54) is 0 Å². The maximum Gasteiger partial charge on any atom is 0.501 e. The summed E-state index contributed by atoms with van der Waals surface area (Å²) in [5.41, 5.74) is -6.88. The van der Waals surface area contributed by atoms with Gasteiger partial charge in [0.1, 0.15) is 17.3 Å². The van der Waals surface area contributed by atoms with E-state index in [1.54, 1.807) is 0 Å². The lowest BCUT2D eigenvalue weighted by atomic mass is 10.2. The second-order valence-electron chi connectivity index (χ2n) is 4.71. The van der Waals surface area contributed by atoms with Crippen molar-refractivity contribution in [1.82, 2.24) is 0 Å². The Balaban J connectivity index is 2.63. The van der Waals surface area contributed by atoms with Crippen LogP contribution in [0, 0.1) is 5.82 Å². The molecule has 0 saturated carbocycles. The first-order valence-corrected chi connectivity index (χ1v) is 9.01. The van der Waals surface area contributed by atoms with Crippen LogP contribution in [0.3, 0.4) is 0 Å². The van der Waals surface area contributed by atoms with Gasteiger partial charge >= 0.3 is 11.5 Å². The van der Waals surface area contributed by atoms with Crippen LogP contribution in [0.2, 0.25) is 5.02 Å². The molecule has 0 aliphatic rings. The van der Waals surface area contributed by atoms with Gasteiger partial charge in [-0.2, -0.15) is 13.2 Å². The van der Waals surface area contributed by atoms with Gasteiger partial charge in [-0.3, -0.25) is 0 Å². The maximum atomic E-state index is 13.3. The van der Waals surface area contributed by atoms with E-state index in [9.17, 15) is 30.8 Å². The number of carboxylic acid groups (broad SMARTS) is 1. The highest BCUT2D eigenvalue weighted by Gasteiger charge is 2.49. The normalized spacial score (nSPS) is 12.1. The largest absolute Gasteiger partial charge is 0.501 e. The van der Waals surface area contributed by atoms with Crippen LogP contribution in [0.1, 0.15) is 10.4 Å². The summed E-state index contributed by atoms with van der Waals surface area (Å²) in [7, 11) is -5.93. The zero-order valence-electron chi connectivity index (χ0n) is 12.1. The molecule has 1 N–H and O–H groups in total. The molecular formula is C14H6BrClF4O5S. The van der Waals surface area contributed by atoms with E-state index in [0.717, 1.165) is 24.3 Å². The molecule has 2 aromatic rings. The van der Waals surface area contributed by atoms with Crippen LogP contribution in [0.5, 0.6) is 11.5 Å². The third-order valence-corrected chi connectivity index (χ3v) is 5.47. The molecule has 0 saturated heterocycles. The second-order valence-corrected chi connectivity index (χ2v) is 7.85. The fourth-order valence-electron chi connectivity index (χ4n) is 1.88. The van der Waals surface area contributed by atoms with Gasteiger partial charge in [-0.05, 0) is 40.2 Å². The third kappa shape index (κ3) is 3.94. The fourth-order valence-corrected chi connectivity index (χ4v) is 3.77. The Bertz CT molecular complexity index is 971. The van der Waals surface area contributed by atoms with Crippen molar-refractivity contribution in [3.05, 3.63) is 51.2 Å². The summed E-state index contributed by atoms with van der Waals surface area (Å²) in [6, 6.07) is 4.25. The predicted molar refractivity (Wildman–Crippen MR) is 85.8 cm³/mol. The van der Waals surface area contributed by atoms with Crippen molar-refractivity contribution in [2.75, 3.05) is 0 Å². The molecule has 0 bridgehead atoms. The molecule has 0 aromatic heterocycles. The summed E-state index contributed by atoms with van der Waals surface area (Å²) in [5.74, 6) is -3.26. The Hall–Kier alpha value is -1.85. The minimum absolute atomic E-state index is 0.0501. The summed E-state index contributed by atoms with van der Waals surface area (Å²) in [5, 5.41) is 9.11. The summed E-state index contributed by atoms with van der Waals surface area (Å²) in [6.45, 7) is 0. The number of carboxylic acids is 1. The number of halogens is 6. The molecule has 0 unspecified atom stereocenters. The molecule has 5 nitrogen and oxygen atoms in total. The Kier molecular flexibility index (Phi) is 5.54. The van der Waals surface area contributed by atoms with Crippen LogP contribution in [0.15, 0.2) is 39.7 Å². The molecule has 12 heteroatoms. The van der Waals surface area contributed by atoms with Crippen molar-refractivity contribution in [2.45, 2.75) is 10.4 Å². The van der Waals surface area contributed by atoms with Crippen LogP contribution in [-0.4, -0.2) is 25.0 Å². The first kappa shape index (κ1) is 20.5. The van der Waals surface area contributed by atoms with Gasteiger partial charge in [0.05, 0.1) is 14.9 Å². The number of hydrogen-bond acceptors (Lipinski definition) is 4. The van der Waals surface area contributed by atoms with Crippen LogP contribution in [-0.2, 0) is 9.84 Å². The minimum atomic E-state index is -5.93. The van der Waals surface area contributed by atoms with E-state index in [-0.39, 0.29) is 16.5 Å². The number of sulfone groups is 1. The molecule has 0 aliphatic carbocycles. The summed E-state index contributed by atoms with van der Waals surface area (Å²) < 4.78 is 79.3. The van der Waals surface area contributed by atoms with Gasteiger partial charge in [0.25, 0.3) is 9.84 Å². The number of rotatable bonds is 4. The standard InChI is InChI=1S/C14H6BrClF4O5S/c15-12-9(25-8-4-6(16)3-7(17)5-8)1-2-10(11(12)13(21)22)26(23,24)14(18,19)20/h1-5H,(H,21,22). The molecule has 2 rings (SSSR count). The van der Waals surface area contributed by atoms with Crippen LogP contribution < -0.4 is 4.74 Å². The van der Waals surface area contributed by atoms with Crippen molar-refractivity contribution in [3.63, 3.8) is 0 Å². The van der Waals surface area contributed by atoms with Gasteiger partial charge in [0.2, 0.25) is 0 Å². The third-order valence-electron chi connectivity index (χ3n) is 2.94. The molecule has 26 heavy (non-hydrogen) atoms. The Labute approximate surface area is 157 Å². The van der Waals surface area contributed by atoms with Crippen molar-refractivity contribution in [2.24, 2.45) is 0 Å². The predicted octanol–water partition coefficient (Wildman–Crippen LogP) is 5.03. The molecule has 140 valence electrons. The number of ether oxygens (including phenoxy) is 1. The number of carbonyl (C=O) groups is 1. The summed E-state index contributed by atoms with van der Waals surface area (Å²) in [6.07, 6.45) is 0. The number of aromatic carboxylic acids is 1. The first-order chi connectivity index (χ1) is 11.8. The average molecular weight is 478 g/mol. The van der Waals surface area contributed by atoms with Gasteiger partial charge in [-0.1, -0.05) is 11.6 Å². The van der Waals surface area contributed by atoms with Crippen LogP contribution >= 0.6 is 27.5 Å². The van der Waals surface area contributed by atoms with E-state index in [2.05, 4.69) is 15.9 Å².